The summed E-state index contributed by atoms with van der Waals surface area (Å²) < 4.78 is 34.2. The van der Waals surface area contributed by atoms with Gasteiger partial charge in [0.15, 0.2) is 4.90 Å². The van der Waals surface area contributed by atoms with Crippen molar-refractivity contribution in [3.05, 3.63) is 67.8 Å². The van der Waals surface area contributed by atoms with E-state index in [1.165, 1.54) is 12.1 Å². The van der Waals surface area contributed by atoms with E-state index >= 15 is 0 Å². The summed E-state index contributed by atoms with van der Waals surface area (Å²) in [4.78, 5) is 23.1. The van der Waals surface area contributed by atoms with Gasteiger partial charge in [-0.25, -0.2) is 8.42 Å². The van der Waals surface area contributed by atoms with Gasteiger partial charge in [0.25, 0.3) is 15.7 Å². The summed E-state index contributed by atoms with van der Waals surface area (Å²) in [6.45, 7) is 5.05. The molecule has 8 nitrogen and oxygen atoms in total. The Morgan fingerprint density at radius 2 is 1.82 bits per heavy atom. The van der Waals surface area contributed by atoms with Gasteiger partial charge in [-0.3, -0.25) is 14.9 Å². The van der Waals surface area contributed by atoms with Crippen LogP contribution in [0.1, 0.15) is 32.8 Å². The minimum Gasteiger partial charge on any atom is -0.465 e. The fraction of sp³-hybridized carbons (Fsp3) is 0.348. The summed E-state index contributed by atoms with van der Waals surface area (Å²) in [6, 6.07) is 11.2. The molecule has 0 saturated heterocycles. The summed E-state index contributed by atoms with van der Waals surface area (Å²) in [7, 11) is -4.46. The average molecular weight is 584 g/mol. The van der Waals surface area contributed by atoms with Gasteiger partial charge < -0.3 is 4.74 Å². The molecule has 2 aromatic rings. The lowest BCUT2D eigenvalue weighted by Gasteiger charge is -2.28. The van der Waals surface area contributed by atoms with Gasteiger partial charge in [-0.1, -0.05) is 50.0 Å². The second-order valence-electron chi connectivity index (χ2n) is 7.45. The van der Waals surface area contributed by atoms with Crippen LogP contribution in [0.5, 0.6) is 0 Å². The van der Waals surface area contributed by atoms with E-state index in [1.54, 1.807) is 13.0 Å². The van der Waals surface area contributed by atoms with Crippen LogP contribution in [0.25, 0.3) is 0 Å². The van der Waals surface area contributed by atoms with Crippen LogP contribution in [-0.4, -0.2) is 42.8 Å². The van der Waals surface area contributed by atoms with Crippen molar-refractivity contribution in [2.24, 2.45) is 5.92 Å². The smallest absolute Gasteiger partial charge is 0.324 e. The number of nitrogens with zero attached hydrogens (tertiary/aromatic N) is 2. The van der Waals surface area contributed by atoms with E-state index in [0.717, 1.165) is 20.0 Å². The molecule has 0 aromatic heterocycles. The van der Waals surface area contributed by atoms with Crippen molar-refractivity contribution in [3.63, 3.8) is 0 Å². The zero-order valence-electron chi connectivity index (χ0n) is 18.5. The van der Waals surface area contributed by atoms with Crippen LogP contribution in [-0.2, 0) is 19.6 Å². The number of nitro groups is 1. The van der Waals surface area contributed by atoms with Crippen molar-refractivity contribution in [1.82, 2.24) is 4.31 Å². The van der Waals surface area contributed by atoms with Crippen LogP contribution < -0.4 is 0 Å². The molecule has 0 saturated carbocycles. The van der Waals surface area contributed by atoms with Gasteiger partial charge in [-0.2, -0.15) is 4.31 Å². The third kappa shape index (κ3) is 6.99. The van der Waals surface area contributed by atoms with Crippen LogP contribution in [0.3, 0.4) is 0 Å². The fourth-order valence-corrected chi connectivity index (χ4v) is 5.28. The maximum absolute atomic E-state index is 13.6. The fourth-order valence-electron chi connectivity index (χ4n) is 3.11. The third-order valence-electron chi connectivity index (χ3n) is 4.58. The minimum atomic E-state index is -4.46. The Hall–Kier alpha value is -2.49. The zero-order chi connectivity index (χ0) is 24.6. The molecule has 2 aromatic carbocycles. The first-order chi connectivity index (χ1) is 15.6. The normalized spacial score (nSPS) is 12.2. The topological polar surface area (TPSA) is 107 Å². The van der Waals surface area contributed by atoms with Crippen LogP contribution in [0.15, 0.2) is 53.4 Å². The van der Waals surface area contributed by atoms with Gasteiger partial charge in [-0.05, 0) is 60.1 Å². The molecule has 0 unspecified atom stereocenters. The van der Waals surface area contributed by atoms with Gasteiger partial charge in [0.1, 0.15) is 6.04 Å². The summed E-state index contributed by atoms with van der Waals surface area (Å²) in [5.41, 5.74) is 0.137. The molecule has 0 aliphatic rings. The number of halogens is 1. The highest BCUT2D eigenvalue weighted by Crippen LogP contribution is 2.29. The minimum absolute atomic E-state index is 0.0501. The molecule has 0 amide bonds. The molecular formula is C23H25IN2O6S. The quantitative estimate of drug-likeness (QED) is 0.144. The van der Waals surface area contributed by atoms with Crippen molar-refractivity contribution in [1.29, 1.82) is 0 Å². The molecule has 176 valence electrons. The predicted molar refractivity (Wildman–Crippen MR) is 133 cm³/mol. The van der Waals surface area contributed by atoms with E-state index in [9.17, 15) is 23.3 Å². The molecule has 1 atom stereocenters. The summed E-state index contributed by atoms with van der Waals surface area (Å²) in [5.74, 6) is 5.00. The first kappa shape index (κ1) is 26.8. The van der Waals surface area contributed by atoms with E-state index in [-0.39, 0.29) is 25.5 Å². The van der Waals surface area contributed by atoms with E-state index < -0.39 is 37.5 Å². The van der Waals surface area contributed by atoms with Crippen molar-refractivity contribution in [3.8, 4) is 11.8 Å². The first-order valence-corrected chi connectivity index (χ1v) is 12.8. The summed E-state index contributed by atoms with van der Waals surface area (Å²) in [5, 5.41) is 11.5. The number of hydrogen-bond donors (Lipinski definition) is 0. The molecule has 33 heavy (non-hydrogen) atoms. The first-order valence-electron chi connectivity index (χ1n) is 10.2. The van der Waals surface area contributed by atoms with E-state index in [0.29, 0.717) is 5.56 Å². The monoisotopic (exact) mass is 584 g/mol. The van der Waals surface area contributed by atoms with E-state index in [1.807, 2.05) is 32.0 Å². The van der Waals surface area contributed by atoms with Gasteiger partial charge in [0.05, 0.1) is 18.1 Å². The van der Waals surface area contributed by atoms with E-state index in [2.05, 4.69) is 34.4 Å². The zero-order valence-corrected chi connectivity index (χ0v) is 21.5. The number of hydrogen-bond acceptors (Lipinski definition) is 6. The van der Waals surface area contributed by atoms with Crippen molar-refractivity contribution in [2.45, 2.75) is 38.1 Å². The standard InChI is InChI=1S/C23H25IN2O6S/c1-4-32-23(27)21(16-17(2)3)25(15-9-11-18-10-5-6-12-19(18)24)33(30,31)22-14-8-7-13-20(22)26(28)29/h5-8,10,12-14,17,21H,4,15-16H2,1-3H3/t21-/m0/s1. The lowest BCUT2D eigenvalue weighted by Crippen LogP contribution is -2.46. The lowest BCUT2D eigenvalue weighted by molar-refractivity contribution is -0.387. The second kappa shape index (κ2) is 12.1. The highest BCUT2D eigenvalue weighted by Gasteiger charge is 2.39. The molecule has 0 aliphatic carbocycles. The van der Waals surface area contributed by atoms with Crippen LogP contribution in [0.4, 0.5) is 5.69 Å². The van der Waals surface area contributed by atoms with Gasteiger partial charge in [0.2, 0.25) is 0 Å². The Kier molecular flexibility index (Phi) is 9.82. The number of benzene rings is 2. The van der Waals surface area contributed by atoms with Crippen molar-refractivity contribution < 1.29 is 22.9 Å². The molecule has 0 bridgehead atoms. The molecule has 0 spiro atoms. The van der Waals surface area contributed by atoms with Gasteiger partial charge >= 0.3 is 5.97 Å². The van der Waals surface area contributed by atoms with Crippen LogP contribution >= 0.6 is 22.6 Å². The van der Waals surface area contributed by atoms with Gasteiger partial charge in [0, 0.05) is 15.2 Å². The molecule has 0 N–H and O–H groups in total. The lowest BCUT2D eigenvalue weighted by atomic mass is 10.0. The van der Waals surface area contributed by atoms with Crippen LogP contribution in [0, 0.1) is 31.4 Å². The number of carbonyl (C=O) groups is 1. The number of sulfonamides is 1. The molecule has 0 heterocycles. The largest absolute Gasteiger partial charge is 0.465 e. The highest BCUT2D eigenvalue weighted by atomic mass is 127. The Labute approximate surface area is 207 Å². The van der Waals surface area contributed by atoms with Crippen LogP contribution in [0.2, 0.25) is 0 Å². The second-order valence-corrected chi connectivity index (χ2v) is 10.5. The number of nitro benzene ring substituents is 1. The van der Waals surface area contributed by atoms with Crippen molar-refractivity contribution >= 4 is 44.3 Å². The molecule has 10 heteroatoms. The summed E-state index contributed by atoms with van der Waals surface area (Å²) in [6.07, 6.45) is 0.170. The Balaban J connectivity index is 2.62. The van der Waals surface area contributed by atoms with Gasteiger partial charge in [-0.15, -0.1) is 0 Å². The average Bonchev–Trinajstić information content (AvgIpc) is 2.76. The number of ether oxygens (including phenoxy) is 1. The van der Waals surface area contributed by atoms with E-state index in [4.69, 9.17) is 4.74 Å². The number of carbonyl (C=O) groups excluding carboxylic acids is 1. The maximum Gasteiger partial charge on any atom is 0.324 e. The number of rotatable bonds is 9. The maximum atomic E-state index is 13.6. The van der Waals surface area contributed by atoms with Crippen molar-refractivity contribution in [2.75, 3.05) is 13.2 Å². The molecule has 2 rings (SSSR count). The molecular weight excluding hydrogens is 559 g/mol. The number of para-hydroxylation sites is 1. The Bertz CT molecular complexity index is 1170. The summed E-state index contributed by atoms with van der Waals surface area (Å²) >= 11 is 2.12. The highest BCUT2D eigenvalue weighted by molar-refractivity contribution is 14.1. The molecule has 0 aliphatic heterocycles. The molecule has 0 fully saturated rings. The Morgan fingerprint density at radius 3 is 2.42 bits per heavy atom. The SMILES string of the molecule is CCOC(=O)[C@H](CC(C)C)N(CC#Cc1ccccc1I)S(=O)(=O)c1ccccc1[N+](=O)[O-]. The predicted octanol–water partition coefficient (Wildman–Crippen LogP) is 4.22. The number of esters is 1. The Morgan fingerprint density at radius 1 is 1.18 bits per heavy atom. The third-order valence-corrected chi connectivity index (χ3v) is 7.42. The molecule has 0 radical (unpaired) electrons.